The number of nitrogens with one attached hydrogen (secondary N) is 1. The summed E-state index contributed by atoms with van der Waals surface area (Å²) in [6.45, 7) is 1.87. The Hall–Kier alpha value is -2.49. The maximum Gasteiger partial charge on any atom is 0.262 e. The van der Waals surface area contributed by atoms with Gasteiger partial charge in [-0.3, -0.25) is 4.79 Å². The van der Waals surface area contributed by atoms with Gasteiger partial charge in [-0.25, -0.2) is 0 Å². The standard InChI is InChI=1S/C15H16N2O2/c1-11-9-13(7-8-14(11)16)19-10-15(18)17-12-5-3-2-4-6-12/h2-9H,10,16H2,1H3,(H,17,18). The monoisotopic (exact) mass is 256 g/mol. The first-order valence-electron chi connectivity index (χ1n) is 5.99. The van der Waals surface area contributed by atoms with Gasteiger partial charge >= 0.3 is 0 Å². The van der Waals surface area contributed by atoms with E-state index in [-0.39, 0.29) is 12.5 Å². The van der Waals surface area contributed by atoms with Gasteiger partial charge in [0.1, 0.15) is 5.75 Å². The lowest BCUT2D eigenvalue weighted by atomic mass is 10.2. The highest BCUT2D eigenvalue weighted by molar-refractivity contribution is 5.91. The normalized spacial score (nSPS) is 9.95. The van der Waals surface area contributed by atoms with Crippen LogP contribution in [0.3, 0.4) is 0 Å². The van der Waals surface area contributed by atoms with Gasteiger partial charge in [-0.2, -0.15) is 0 Å². The van der Waals surface area contributed by atoms with Crippen molar-refractivity contribution in [3.05, 3.63) is 54.1 Å². The van der Waals surface area contributed by atoms with Crippen LogP contribution in [-0.2, 0) is 4.79 Å². The van der Waals surface area contributed by atoms with Crippen LogP contribution < -0.4 is 15.8 Å². The van der Waals surface area contributed by atoms with E-state index in [2.05, 4.69) is 5.32 Å². The van der Waals surface area contributed by atoms with E-state index in [4.69, 9.17) is 10.5 Å². The number of nitrogens with two attached hydrogens (primary N) is 1. The molecular formula is C15H16N2O2. The van der Waals surface area contributed by atoms with E-state index in [1.807, 2.05) is 43.3 Å². The molecule has 0 aliphatic heterocycles. The first kappa shape index (κ1) is 13.0. The third-order valence-corrected chi connectivity index (χ3v) is 2.67. The Morgan fingerprint density at radius 2 is 1.95 bits per heavy atom. The van der Waals surface area contributed by atoms with E-state index < -0.39 is 0 Å². The molecule has 0 atom stereocenters. The van der Waals surface area contributed by atoms with Crippen LogP contribution >= 0.6 is 0 Å². The molecule has 0 aliphatic carbocycles. The van der Waals surface area contributed by atoms with Crippen LogP contribution in [0.5, 0.6) is 5.75 Å². The zero-order valence-corrected chi connectivity index (χ0v) is 10.7. The molecule has 2 rings (SSSR count). The average Bonchev–Trinajstić information content (AvgIpc) is 2.41. The van der Waals surface area contributed by atoms with Crippen molar-refractivity contribution in [3.8, 4) is 5.75 Å². The molecule has 4 nitrogen and oxygen atoms in total. The predicted molar refractivity (Wildman–Crippen MR) is 76.2 cm³/mol. The van der Waals surface area contributed by atoms with Crippen molar-refractivity contribution in [1.29, 1.82) is 0 Å². The summed E-state index contributed by atoms with van der Waals surface area (Å²) < 4.78 is 5.41. The van der Waals surface area contributed by atoms with Crippen LogP contribution in [0.4, 0.5) is 11.4 Å². The number of para-hydroxylation sites is 1. The lowest BCUT2D eigenvalue weighted by Crippen LogP contribution is -2.20. The number of benzene rings is 2. The summed E-state index contributed by atoms with van der Waals surface area (Å²) in [7, 11) is 0. The molecule has 0 heterocycles. The number of ether oxygens (including phenoxy) is 1. The third-order valence-electron chi connectivity index (χ3n) is 2.67. The third kappa shape index (κ3) is 3.74. The van der Waals surface area contributed by atoms with Crippen molar-refractivity contribution in [3.63, 3.8) is 0 Å². The number of nitrogen functional groups attached to an aromatic ring is 1. The fraction of sp³-hybridized carbons (Fsp3) is 0.133. The Morgan fingerprint density at radius 1 is 1.21 bits per heavy atom. The van der Waals surface area contributed by atoms with Crippen molar-refractivity contribution < 1.29 is 9.53 Å². The smallest absolute Gasteiger partial charge is 0.262 e. The number of hydrogen-bond acceptors (Lipinski definition) is 3. The van der Waals surface area contributed by atoms with Gasteiger partial charge in [0.2, 0.25) is 0 Å². The van der Waals surface area contributed by atoms with Gasteiger partial charge in [0.25, 0.3) is 5.91 Å². The SMILES string of the molecule is Cc1cc(OCC(=O)Nc2ccccc2)ccc1N. The minimum Gasteiger partial charge on any atom is -0.484 e. The van der Waals surface area contributed by atoms with Crippen molar-refractivity contribution in [2.24, 2.45) is 0 Å². The summed E-state index contributed by atoms with van der Waals surface area (Å²) in [5, 5.41) is 2.75. The molecule has 0 saturated carbocycles. The summed E-state index contributed by atoms with van der Waals surface area (Å²) in [5.41, 5.74) is 8.11. The number of anilines is 2. The minimum absolute atomic E-state index is 0.0295. The second-order valence-electron chi connectivity index (χ2n) is 4.22. The highest BCUT2D eigenvalue weighted by atomic mass is 16.5. The maximum absolute atomic E-state index is 11.7. The second kappa shape index (κ2) is 5.91. The fourth-order valence-electron chi connectivity index (χ4n) is 1.61. The molecule has 2 aromatic carbocycles. The van der Waals surface area contributed by atoms with Crippen LogP contribution in [0, 0.1) is 6.92 Å². The van der Waals surface area contributed by atoms with E-state index in [0.717, 1.165) is 11.3 Å². The van der Waals surface area contributed by atoms with Crippen LogP contribution in [0.1, 0.15) is 5.56 Å². The molecule has 0 aromatic heterocycles. The van der Waals surface area contributed by atoms with Gasteiger partial charge < -0.3 is 15.8 Å². The number of rotatable bonds is 4. The summed E-state index contributed by atoms with van der Waals surface area (Å²) in [4.78, 5) is 11.7. The summed E-state index contributed by atoms with van der Waals surface area (Å²) >= 11 is 0. The molecule has 3 N–H and O–H groups in total. The Balaban J connectivity index is 1.88. The Labute approximate surface area is 112 Å². The second-order valence-corrected chi connectivity index (χ2v) is 4.22. The Morgan fingerprint density at radius 3 is 2.63 bits per heavy atom. The van der Waals surface area contributed by atoms with E-state index in [9.17, 15) is 4.79 Å². The first-order valence-corrected chi connectivity index (χ1v) is 5.99. The fourth-order valence-corrected chi connectivity index (χ4v) is 1.61. The number of carbonyl (C=O) groups is 1. The molecule has 98 valence electrons. The molecule has 2 aromatic rings. The topological polar surface area (TPSA) is 64.3 Å². The van der Waals surface area contributed by atoms with E-state index in [1.165, 1.54) is 0 Å². The Kier molecular flexibility index (Phi) is 4.03. The quantitative estimate of drug-likeness (QED) is 0.826. The van der Waals surface area contributed by atoms with Gasteiger partial charge in [-0.15, -0.1) is 0 Å². The van der Waals surface area contributed by atoms with E-state index in [1.54, 1.807) is 12.1 Å². The van der Waals surface area contributed by atoms with Crippen molar-refractivity contribution >= 4 is 17.3 Å². The van der Waals surface area contributed by atoms with Gasteiger partial charge in [-0.1, -0.05) is 18.2 Å². The number of hydrogen-bond donors (Lipinski definition) is 2. The minimum atomic E-state index is -0.194. The zero-order valence-electron chi connectivity index (χ0n) is 10.7. The van der Waals surface area contributed by atoms with Gasteiger partial charge in [0.05, 0.1) is 0 Å². The molecule has 0 unspecified atom stereocenters. The largest absolute Gasteiger partial charge is 0.484 e. The lowest BCUT2D eigenvalue weighted by molar-refractivity contribution is -0.118. The molecular weight excluding hydrogens is 240 g/mol. The molecule has 19 heavy (non-hydrogen) atoms. The highest BCUT2D eigenvalue weighted by Gasteiger charge is 2.04. The predicted octanol–water partition coefficient (Wildman–Crippen LogP) is 2.59. The van der Waals surface area contributed by atoms with Crippen molar-refractivity contribution in [2.45, 2.75) is 6.92 Å². The number of aryl methyl sites for hydroxylation is 1. The van der Waals surface area contributed by atoms with Crippen molar-refractivity contribution in [2.75, 3.05) is 17.7 Å². The van der Waals surface area contributed by atoms with E-state index >= 15 is 0 Å². The number of carbonyl (C=O) groups excluding carboxylic acids is 1. The van der Waals surface area contributed by atoms with Crippen LogP contribution in [0.15, 0.2) is 48.5 Å². The molecule has 0 aliphatic rings. The molecule has 4 heteroatoms. The summed E-state index contributed by atoms with van der Waals surface area (Å²) in [6, 6.07) is 14.6. The van der Waals surface area contributed by atoms with Crippen LogP contribution in [0.25, 0.3) is 0 Å². The molecule has 0 saturated heterocycles. The molecule has 1 amide bonds. The highest BCUT2D eigenvalue weighted by Crippen LogP contribution is 2.18. The van der Waals surface area contributed by atoms with Gasteiger partial charge in [0, 0.05) is 11.4 Å². The van der Waals surface area contributed by atoms with Crippen LogP contribution in [0.2, 0.25) is 0 Å². The molecule has 0 radical (unpaired) electrons. The lowest BCUT2D eigenvalue weighted by Gasteiger charge is -2.08. The molecule has 0 fully saturated rings. The van der Waals surface area contributed by atoms with Gasteiger partial charge in [0.15, 0.2) is 6.61 Å². The Bertz CT molecular complexity index is 568. The van der Waals surface area contributed by atoms with E-state index in [0.29, 0.717) is 11.4 Å². The maximum atomic E-state index is 11.7. The van der Waals surface area contributed by atoms with Crippen molar-refractivity contribution in [1.82, 2.24) is 0 Å². The molecule has 0 spiro atoms. The van der Waals surface area contributed by atoms with Crippen LogP contribution in [-0.4, -0.2) is 12.5 Å². The number of amides is 1. The first-order chi connectivity index (χ1) is 9.15. The average molecular weight is 256 g/mol. The summed E-state index contributed by atoms with van der Waals surface area (Å²) in [5.74, 6) is 0.440. The van der Waals surface area contributed by atoms with Gasteiger partial charge in [-0.05, 0) is 42.8 Å². The zero-order chi connectivity index (χ0) is 13.7. The summed E-state index contributed by atoms with van der Waals surface area (Å²) in [6.07, 6.45) is 0. The molecule has 0 bridgehead atoms.